The number of hydrogen-bond acceptors (Lipinski definition) is 4. The molecule has 1 saturated carbocycles. The molecule has 3 aromatic rings. The van der Waals surface area contributed by atoms with E-state index in [-0.39, 0.29) is 5.54 Å². The van der Waals surface area contributed by atoms with Gasteiger partial charge in [-0.3, -0.25) is 4.68 Å². The van der Waals surface area contributed by atoms with E-state index in [1.165, 1.54) is 0 Å². The molecule has 0 atom stereocenters. The van der Waals surface area contributed by atoms with Crippen molar-refractivity contribution in [3.63, 3.8) is 0 Å². The molecule has 136 valence electrons. The van der Waals surface area contributed by atoms with E-state index in [9.17, 15) is 13.2 Å². The van der Waals surface area contributed by atoms with Crippen LogP contribution in [0.2, 0.25) is 0 Å². The SMILES string of the molecule is Cc1nc(N(C)C2(c3ccc(C(F)(F)F)cc3)CC2)c2cnn(C)c2n1. The van der Waals surface area contributed by atoms with Gasteiger partial charge >= 0.3 is 6.18 Å². The van der Waals surface area contributed by atoms with Crippen LogP contribution in [0.1, 0.15) is 29.8 Å². The van der Waals surface area contributed by atoms with Crippen LogP contribution in [0.15, 0.2) is 30.5 Å². The number of hydrogen-bond donors (Lipinski definition) is 0. The molecule has 0 amide bonds. The lowest BCUT2D eigenvalue weighted by Gasteiger charge is -2.30. The highest BCUT2D eigenvalue weighted by atomic mass is 19.4. The Hall–Kier alpha value is -2.64. The molecule has 0 spiro atoms. The summed E-state index contributed by atoms with van der Waals surface area (Å²) in [4.78, 5) is 11.1. The summed E-state index contributed by atoms with van der Waals surface area (Å²) in [6, 6.07) is 5.43. The first-order valence-electron chi connectivity index (χ1n) is 8.30. The number of alkyl halides is 3. The Labute approximate surface area is 148 Å². The third kappa shape index (κ3) is 2.51. The average molecular weight is 361 g/mol. The molecule has 0 radical (unpaired) electrons. The summed E-state index contributed by atoms with van der Waals surface area (Å²) < 4.78 is 40.2. The number of anilines is 1. The number of benzene rings is 1. The van der Waals surface area contributed by atoms with Gasteiger partial charge in [-0.2, -0.15) is 18.3 Å². The van der Waals surface area contributed by atoms with Gasteiger partial charge in [0.25, 0.3) is 0 Å². The summed E-state index contributed by atoms with van der Waals surface area (Å²) in [6.07, 6.45) is -0.879. The van der Waals surface area contributed by atoms with E-state index in [2.05, 4.69) is 15.1 Å². The van der Waals surface area contributed by atoms with Gasteiger partial charge in [-0.1, -0.05) is 12.1 Å². The maximum atomic E-state index is 12.8. The predicted molar refractivity (Wildman–Crippen MR) is 91.8 cm³/mol. The summed E-state index contributed by atoms with van der Waals surface area (Å²) in [7, 11) is 3.75. The van der Waals surface area contributed by atoms with E-state index in [0.717, 1.165) is 47.4 Å². The van der Waals surface area contributed by atoms with E-state index in [1.807, 2.05) is 25.9 Å². The predicted octanol–water partition coefficient (Wildman–Crippen LogP) is 3.82. The molecule has 4 rings (SSSR count). The second-order valence-electron chi connectivity index (χ2n) is 6.77. The normalized spacial score (nSPS) is 16.1. The minimum absolute atomic E-state index is 0.340. The molecule has 2 heterocycles. The van der Waals surface area contributed by atoms with Gasteiger partial charge in [-0.05, 0) is 37.5 Å². The smallest absolute Gasteiger partial charge is 0.349 e. The molecule has 2 aromatic heterocycles. The molecular weight excluding hydrogens is 343 g/mol. The van der Waals surface area contributed by atoms with Crippen molar-refractivity contribution < 1.29 is 13.2 Å². The second-order valence-corrected chi connectivity index (χ2v) is 6.77. The van der Waals surface area contributed by atoms with Crippen LogP contribution in [0, 0.1) is 6.92 Å². The van der Waals surface area contributed by atoms with Crippen LogP contribution in [0.25, 0.3) is 11.0 Å². The van der Waals surface area contributed by atoms with Crippen molar-refractivity contribution in [1.82, 2.24) is 19.7 Å². The van der Waals surface area contributed by atoms with E-state index in [1.54, 1.807) is 23.0 Å². The number of aromatic nitrogens is 4. The van der Waals surface area contributed by atoms with Crippen LogP contribution in [0.5, 0.6) is 0 Å². The Morgan fingerprint density at radius 1 is 1.12 bits per heavy atom. The second kappa shape index (κ2) is 5.43. The molecule has 0 N–H and O–H groups in total. The maximum absolute atomic E-state index is 12.8. The fraction of sp³-hybridized carbons (Fsp3) is 0.389. The summed E-state index contributed by atoms with van der Waals surface area (Å²) in [5, 5.41) is 5.09. The molecule has 0 saturated heterocycles. The quantitative estimate of drug-likeness (QED) is 0.712. The molecule has 0 unspecified atom stereocenters. The third-order valence-corrected chi connectivity index (χ3v) is 5.12. The Kier molecular flexibility index (Phi) is 3.51. The van der Waals surface area contributed by atoms with E-state index >= 15 is 0 Å². The number of rotatable bonds is 3. The molecule has 0 bridgehead atoms. The zero-order chi connectivity index (χ0) is 18.7. The fourth-order valence-corrected chi connectivity index (χ4v) is 3.48. The fourth-order valence-electron chi connectivity index (χ4n) is 3.48. The van der Waals surface area contributed by atoms with Gasteiger partial charge in [-0.15, -0.1) is 0 Å². The molecule has 5 nitrogen and oxygen atoms in total. The monoisotopic (exact) mass is 361 g/mol. The van der Waals surface area contributed by atoms with Gasteiger partial charge < -0.3 is 4.90 Å². The Bertz CT molecular complexity index is 971. The maximum Gasteiger partial charge on any atom is 0.416 e. The van der Waals surface area contributed by atoms with Crippen molar-refractivity contribution in [2.24, 2.45) is 7.05 Å². The number of nitrogens with zero attached hydrogens (tertiary/aromatic N) is 5. The molecule has 1 aliphatic rings. The summed E-state index contributed by atoms with van der Waals surface area (Å²) in [5.41, 5.74) is 0.629. The molecule has 1 fully saturated rings. The van der Waals surface area contributed by atoms with Gasteiger partial charge in [0.2, 0.25) is 0 Å². The molecule has 1 aliphatic carbocycles. The van der Waals surface area contributed by atoms with Gasteiger partial charge in [0.1, 0.15) is 11.6 Å². The van der Waals surface area contributed by atoms with E-state index in [4.69, 9.17) is 0 Å². The van der Waals surface area contributed by atoms with Gasteiger partial charge in [0, 0.05) is 14.1 Å². The highest BCUT2D eigenvalue weighted by molar-refractivity contribution is 5.87. The van der Waals surface area contributed by atoms with Crippen molar-refractivity contribution in [2.45, 2.75) is 31.5 Å². The molecule has 1 aromatic carbocycles. The Morgan fingerprint density at radius 3 is 2.35 bits per heavy atom. The van der Waals surface area contributed by atoms with Crippen molar-refractivity contribution >= 4 is 16.9 Å². The number of fused-ring (bicyclic) bond motifs is 1. The van der Waals surface area contributed by atoms with Crippen LogP contribution < -0.4 is 4.90 Å². The van der Waals surface area contributed by atoms with Crippen LogP contribution in [-0.4, -0.2) is 26.8 Å². The zero-order valence-corrected chi connectivity index (χ0v) is 14.7. The molecule has 8 heteroatoms. The van der Waals surface area contributed by atoms with E-state index < -0.39 is 11.7 Å². The number of aryl methyl sites for hydroxylation is 2. The Balaban J connectivity index is 1.76. The largest absolute Gasteiger partial charge is 0.416 e. The van der Waals surface area contributed by atoms with E-state index in [0.29, 0.717) is 5.82 Å². The summed E-state index contributed by atoms with van der Waals surface area (Å²) in [6.45, 7) is 1.82. The summed E-state index contributed by atoms with van der Waals surface area (Å²) >= 11 is 0. The lowest BCUT2D eigenvalue weighted by Crippen LogP contribution is -2.32. The first-order chi connectivity index (χ1) is 12.2. The highest BCUT2D eigenvalue weighted by Crippen LogP contribution is 2.52. The van der Waals surface area contributed by atoms with Crippen LogP contribution in [-0.2, 0) is 18.8 Å². The van der Waals surface area contributed by atoms with Crippen LogP contribution >= 0.6 is 0 Å². The minimum Gasteiger partial charge on any atom is -0.349 e. The topological polar surface area (TPSA) is 46.8 Å². The minimum atomic E-state index is -4.33. The third-order valence-electron chi connectivity index (χ3n) is 5.12. The molecular formula is C18H18F3N5. The van der Waals surface area contributed by atoms with Crippen molar-refractivity contribution in [2.75, 3.05) is 11.9 Å². The van der Waals surface area contributed by atoms with Crippen molar-refractivity contribution in [1.29, 1.82) is 0 Å². The first kappa shape index (κ1) is 16.8. The van der Waals surface area contributed by atoms with Crippen molar-refractivity contribution in [3.05, 3.63) is 47.4 Å². The van der Waals surface area contributed by atoms with Crippen LogP contribution in [0.3, 0.4) is 0 Å². The van der Waals surface area contributed by atoms with Gasteiger partial charge in [0.05, 0.1) is 22.7 Å². The lowest BCUT2D eigenvalue weighted by molar-refractivity contribution is -0.137. The van der Waals surface area contributed by atoms with Crippen LogP contribution in [0.4, 0.5) is 19.0 Å². The van der Waals surface area contributed by atoms with Gasteiger partial charge in [-0.25, -0.2) is 9.97 Å². The Morgan fingerprint density at radius 2 is 1.77 bits per heavy atom. The average Bonchev–Trinajstić information content (AvgIpc) is 3.33. The molecule has 26 heavy (non-hydrogen) atoms. The van der Waals surface area contributed by atoms with Crippen molar-refractivity contribution in [3.8, 4) is 0 Å². The standard InChI is InChI=1S/C18H18F3N5/c1-11-23-15(14-10-22-26(3)16(14)24-11)25(2)17(8-9-17)12-4-6-13(7-5-12)18(19,20)21/h4-7,10H,8-9H2,1-3H3. The molecule has 0 aliphatic heterocycles. The first-order valence-corrected chi connectivity index (χ1v) is 8.30. The highest BCUT2D eigenvalue weighted by Gasteiger charge is 2.49. The number of halogens is 3. The lowest BCUT2D eigenvalue weighted by atomic mass is 10.0. The summed E-state index contributed by atoms with van der Waals surface area (Å²) in [5.74, 6) is 1.38. The van der Waals surface area contributed by atoms with Gasteiger partial charge in [0.15, 0.2) is 5.65 Å². The zero-order valence-electron chi connectivity index (χ0n) is 14.7.